The van der Waals surface area contributed by atoms with Gasteiger partial charge in [-0.3, -0.25) is 14.7 Å². The zero-order valence-corrected chi connectivity index (χ0v) is 13.5. The second-order valence-corrected chi connectivity index (χ2v) is 6.52. The van der Waals surface area contributed by atoms with E-state index < -0.39 is 0 Å². The molecule has 5 nitrogen and oxygen atoms in total. The van der Waals surface area contributed by atoms with Gasteiger partial charge in [0.1, 0.15) is 5.01 Å². The van der Waals surface area contributed by atoms with E-state index in [-0.39, 0.29) is 5.91 Å². The van der Waals surface area contributed by atoms with Crippen LogP contribution in [0, 0.1) is 0 Å². The Balaban J connectivity index is 1.71. The van der Waals surface area contributed by atoms with Gasteiger partial charge in [0.05, 0.1) is 18.8 Å². The smallest absolute Gasteiger partial charge is 0.217 e. The Morgan fingerprint density at radius 2 is 2.36 bits per heavy atom. The van der Waals surface area contributed by atoms with Crippen molar-refractivity contribution in [2.75, 3.05) is 6.54 Å². The third-order valence-corrected chi connectivity index (χ3v) is 4.69. The molecule has 3 heterocycles. The molecule has 1 N–H and O–H groups in total. The number of nitrogens with zero attached hydrogens (tertiary/aromatic N) is 3. The maximum atomic E-state index is 11.0. The van der Waals surface area contributed by atoms with Gasteiger partial charge in [0.2, 0.25) is 5.91 Å². The number of likely N-dealkylation sites (tertiary alicyclic amines) is 1. The van der Waals surface area contributed by atoms with Crippen molar-refractivity contribution < 1.29 is 4.79 Å². The van der Waals surface area contributed by atoms with Crippen LogP contribution in [-0.4, -0.2) is 27.3 Å². The van der Waals surface area contributed by atoms with Crippen LogP contribution in [0.25, 0.3) is 0 Å². The summed E-state index contributed by atoms with van der Waals surface area (Å²) in [4.78, 5) is 22.2. The van der Waals surface area contributed by atoms with Crippen molar-refractivity contribution in [2.45, 2.75) is 38.9 Å². The van der Waals surface area contributed by atoms with E-state index in [1.165, 1.54) is 23.9 Å². The molecular weight excluding hydrogens is 296 g/mol. The Bertz CT molecular complexity index is 629. The molecular formula is C16H20N4OS. The molecule has 22 heavy (non-hydrogen) atoms. The fraction of sp³-hybridized carbons (Fsp3) is 0.438. The molecule has 3 rings (SSSR count). The Hall–Kier alpha value is -1.79. The van der Waals surface area contributed by atoms with Crippen molar-refractivity contribution in [3.63, 3.8) is 0 Å². The second-order valence-electron chi connectivity index (χ2n) is 5.54. The molecule has 2 aromatic rings. The molecule has 0 aliphatic carbocycles. The van der Waals surface area contributed by atoms with E-state index in [0.29, 0.717) is 12.6 Å². The van der Waals surface area contributed by atoms with Gasteiger partial charge in [-0.2, -0.15) is 0 Å². The van der Waals surface area contributed by atoms with Crippen molar-refractivity contribution in [3.05, 3.63) is 46.2 Å². The third-order valence-electron chi connectivity index (χ3n) is 3.93. The lowest BCUT2D eigenvalue weighted by molar-refractivity contribution is -0.119. The van der Waals surface area contributed by atoms with Crippen molar-refractivity contribution in [1.29, 1.82) is 0 Å². The minimum atomic E-state index is -0.0292. The summed E-state index contributed by atoms with van der Waals surface area (Å²) < 4.78 is 0. The molecule has 0 radical (unpaired) electrons. The summed E-state index contributed by atoms with van der Waals surface area (Å²) in [5.41, 5.74) is 2.19. The summed E-state index contributed by atoms with van der Waals surface area (Å²) in [7, 11) is 0. The highest BCUT2D eigenvalue weighted by atomic mass is 32.1. The van der Waals surface area contributed by atoms with Crippen LogP contribution in [-0.2, 0) is 17.9 Å². The zero-order valence-electron chi connectivity index (χ0n) is 12.7. The molecule has 1 aliphatic rings. The Morgan fingerprint density at radius 3 is 3.14 bits per heavy atom. The van der Waals surface area contributed by atoms with Crippen LogP contribution >= 0.6 is 11.3 Å². The largest absolute Gasteiger partial charge is 0.351 e. The van der Waals surface area contributed by atoms with Crippen molar-refractivity contribution in [2.24, 2.45) is 0 Å². The van der Waals surface area contributed by atoms with E-state index in [1.807, 2.05) is 17.8 Å². The third kappa shape index (κ3) is 3.69. The number of pyridine rings is 1. The summed E-state index contributed by atoms with van der Waals surface area (Å²) in [6.07, 6.45) is 6.07. The van der Waals surface area contributed by atoms with Crippen LogP contribution in [0.15, 0.2) is 29.9 Å². The Morgan fingerprint density at radius 1 is 1.45 bits per heavy atom. The van der Waals surface area contributed by atoms with E-state index in [9.17, 15) is 4.79 Å². The lowest BCUT2D eigenvalue weighted by atomic mass is 10.0. The van der Waals surface area contributed by atoms with Gasteiger partial charge in [-0.15, -0.1) is 11.3 Å². The Labute approximate surface area is 134 Å². The molecule has 1 amide bonds. The maximum Gasteiger partial charge on any atom is 0.217 e. The van der Waals surface area contributed by atoms with Gasteiger partial charge >= 0.3 is 0 Å². The predicted molar refractivity (Wildman–Crippen MR) is 86.3 cm³/mol. The van der Waals surface area contributed by atoms with Crippen LogP contribution in [0.2, 0.25) is 0 Å². The lowest BCUT2D eigenvalue weighted by Gasteiger charge is -2.24. The van der Waals surface area contributed by atoms with E-state index in [0.717, 1.165) is 25.2 Å². The number of carbonyl (C=O) groups is 1. The average molecular weight is 316 g/mol. The number of aromatic nitrogens is 2. The number of hydrogen-bond acceptors (Lipinski definition) is 5. The number of amides is 1. The SMILES string of the molecule is CC(=O)NCc1cc(C2CCCN2Cc2nccs2)ccn1. The first kappa shape index (κ1) is 15.1. The van der Waals surface area contributed by atoms with Crippen LogP contribution in [0.4, 0.5) is 0 Å². The highest BCUT2D eigenvalue weighted by Gasteiger charge is 2.26. The van der Waals surface area contributed by atoms with Gasteiger partial charge in [-0.05, 0) is 37.1 Å². The quantitative estimate of drug-likeness (QED) is 0.921. The van der Waals surface area contributed by atoms with E-state index in [2.05, 4.69) is 32.3 Å². The van der Waals surface area contributed by atoms with Crippen LogP contribution in [0.5, 0.6) is 0 Å². The normalized spacial score (nSPS) is 18.5. The molecule has 1 fully saturated rings. The van der Waals surface area contributed by atoms with Gasteiger partial charge in [0.25, 0.3) is 0 Å². The van der Waals surface area contributed by atoms with E-state index in [1.54, 1.807) is 11.3 Å². The summed E-state index contributed by atoms with van der Waals surface area (Å²) in [5.74, 6) is -0.0292. The summed E-state index contributed by atoms with van der Waals surface area (Å²) in [6, 6.07) is 4.62. The number of nitrogens with one attached hydrogen (secondary N) is 1. The average Bonchev–Trinajstić information content (AvgIpc) is 3.18. The molecule has 1 aliphatic heterocycles. The number of hydrogen-bond donors (Lipinski definition) is 1. The summed E-state index contributed by atoms with van der Waals surface area (Å²) in [6.45, 7) is 4.03. The maximum absolute atomic E-state index is 11.0. The molecule has 0 spiro atoms. The van der Waals surface area contributed by atoms with Gasteiger partial charge in [-0.25, -0.2) is 4.98 Å². The van der Waals surface area contributed by atoms with E-state index >= 15 is 0 Å². The number of carbonyl (C=O) groups excluding carboxylic acids is 1. The molecule has 1 atom stereocenters. The van der Waals surface area contributed by atoms with Crippen molar-refractivity contribution >= 4 is 17.2 Å². The van der Waals surface area contributed by atoms with Crippen LogP contribution in [0.1, 0.15) is 42.1 Å². The van der Waals surface area contributed by atoms with Crippen molar-refractivity contribution in [3.8, 4) is 0 Å². The minimum Gasteiger partial charge on any atom is -0.351 e. The zero-order chi connectivity index (χ0) is 15.4. The first-order chi connectivity index (χ1) is 10.7. The summed E-state index contributed by atoms with van der Waals surface area (Å²) in [5, 5.41) is 6.00. The first-order valence-corrected chi connectivity index (χ1v) is 8.42. The standard InChI is InChI=1S/C16H20N4OS/c1-12(21)19-10-14-9-13(4-5-17-14)15-3-2-7-20(15)11-16-18-6-8-22-16/h4-6,8-9,15H,2-3,7,10-11H2,1H3,(H,19,21). The lowest BCUT2D eigenvalue weighted by Crippen LogP contribution is -2.23. The van der Waals surface area contributed by atoms with Gasteiger partial charge < -0.3 is 5.32 Å². The molecule has 1 saturated heterocycles. The van der Waals surface area contributed by atoms with Gasteiger partial charge in [-0.1, -0.05) is 0 Å². The Kier molecular flexibility index (Phi) is 4.80. The topological polar surface area (TPSA) is 58.1 Å². The minimum absolute atomic E-state index is 0.0292. The molecule has 116 valence electrons. The molecule has 6 heteroatoms. The molecule has 2 aromatic heterocycles. The fourth-order valence-corrected chi connectivity index (χ4v) is 3.55. The number of thiazole rings is 1. The molecule has 0 saturated carbocycles. The summed E-state index contributed by atoms with van der Waals surface area (Å²) >= 11 is 1.71. The monoisotopic (exact) mass is 316 g/mol. The van der Waals surface area contributed by atoms with Gasteiger partial charge in [0, 0.05) is 30.7 Å². The van der Waals surface area contributed by atoms with E-state index in [4.69, 9.17) is 0 Å². The van der Waals surface area contributed by atoms with Crippen LogP contribution < -0.4 is 5.32 Å². The first-order valence-electron chi connectivity index (χ1n) is 7.54. The van der Waals surface area contributed by atoms with Crippen molar-refractivity contribution in [1.82, 2.24) is 20.2 Å². The molecule has 1 unspecified atom stereocenters. The second kappa shape index (κ2) is 6.98. The fourth-order valence-electron chi connectivity index (χ4n) is 2.91. The highest BCUT2D eigenvalue weighted by Crippen LogP contribution is 2.33. The highest BCUT2D eigenvalue weighted by molar-refractivity contribution is 7.09. The molecule has 0 aromatic carbocycles. The van der Waals surface area contributed by atoms with Crippen LogP contribution in [0.3, 0.4) is 0 Å². The molecule has 0 bridgehead atoms. The number of rotatable bonds is 5. The predicted octanol–water partition coefficient (Wildman–Crippen LogP) is 2.51. The van der Waals surface area contributed by atoms with Gasteiger partial charge in [0.15, 0.2) is 0 Å².